The third kappa shape index (κ3) is 5.11. The van der Waals surface area contributed by atoms with Crippen LogP contribution >= 0.6 is 23.4 Å². The van der Waals surface area contributed by atoms with Gasteiger partial charge in [0.1, 0.15) is 5.82 Å². The van der Waals surface area contributed by atoms with Crippen molar-refractivity contribution in [3.8, 4) is 0 Å². The van der Waals surface area contributed by atoms with Gasteiger partial charge in [-0.15, -0.1) is 16.8 Å². The van der Waals surface area contributed by atoms with E-state index in [0.29, 0.717) is 23.9 Å². The van der Waals surface area contributed by atoms with E-state index < -0.39 is 0 Å². The standard InChI is InChI=1S/C16H19ClN4OS/c1-3-9-21-14(4-2)19-20-16(21)23-11-15(22)18-10-12-5-7-13(17)8-6-12/h3,5-8H,1,4,9-11H2,2H3,(H,18,22). The molecule has 23 heavy (non-hydrogen) atoms. The number of allylic oxidation sites excluding steroid dienone is 1. The average molecular weight is 351 g/mol. The largest absolute Gasteiger partial charge is 0.351 e. The summed E-state index contributed by atoms with van der Waals surface area (Å²) in [7, 11) is 0. The summed E-state index contributed by atoms with van der Waals surface area (Å²) in [6, 6.07) is 7.40. The number of aromatic nitrogens is 3. The molecule has 7 heteroatoms. The summed E-state index contributed by atoms with van der Waals surface area (Å²) in [6.07, 6.45) is 2.59. The van der Waals surface area contributed by atoms with Crippen LogP contribution in [0.4, 0.5) is 0 Å². The minimum atomic E-state index is -0.0452. The predicted molar refractivity (Wildman–Crippen MR) is 93.6 cm³/mol. The molecule has 0 aliphatic rings. The first kappa shape index (κ1) is 17.6. The normalized spacial score (nSPS) is 10.5. The Hall–Kier alpha value is -1.79. The van der Waals surface area contributed by atoms with Gasteiger partial charge in [-0.2, -0.15) is 0 Å². The van der Waals surface area contributed by atoms with Crippen LogP contribution in [-0.2, 0) is 24.3 Å². The van der Waals surface area contributed by atoms with E-state index in [-0.39, 0.29) is 5.91 Å². The van der Waals surface area contributed by atoms with Crippen LogP contribution in [0.5, 0.6) is 0 Å². The van der Waals surface area contributed by atoms with Gasteiger partial charge in [0.25, 0.3) is 0 Å². The van der Waals surface area contributed by atoms with Gasteiger partial charge in [0.2, 0.25) is 5.91 Å². The molecular weight excluding hydrogens is 332 g/mol. The Bertz CT molecular complexity index is 669. The molecule has 0 aliphatic heterocycles. The molecule has 2 aromatic rings. The number of carbonyl (C=O) groups excluding carboxylic acids is 1. The number of aryl methyl sites for hydroxylation is 1. The van der Waals surface area contributed by atoms with Crippen molar-refractivity contribution in [2.24, 2.45) is 0 Å². The van der Waals surface area contributed by atoms with Gasteiger partial charge < -0.3 is 9.88 Å². The number of hydrogen-bond donors (Lipinski definition) is 1. The zero-order valence-electron chi connectivity index (χ0n) is 13.0. The smallest absolute Gasteiger partial charge is 0.230 e. The Morgan fingerprint density at radius 1 is 1.39 bits per heavy atom. The fourth-order valence-corrected chi connectivity index (χ4v) is 2.91. The first-order chi connectivity index (χ1) is 11.1. The van der Waals surface area contributed by atoms with Gasteiger partial charge in [-0.25, -0.2) is 0 Å². The number of nitrogens with one attached hydrogen (secondary N) is 1. The number of hydrogen-bond acceptors (Lipinski definition) is 4. The van der Waals surface area contributed by atoms with E-state index in [9.17, 15) is 4.79 Å². The summed E-state index contributed by atoms with van der Waals surface area (Å²) in [4.78, 5) is 12.0. The van der Waals surface area contributed by atoms with E-state index in [1.807, 2.05) is 35.8 Å². The number of halogens is 1. The number of benzene rings is 1. The van der Waals surface area contributed by atoms with Crippen molar-refractivity contribution in [1.82, 2.24) is 20.1 Å². The van der Waals surface area contributed by atoms with Crippen molar-refractivity contribution in [1.29, 1.82) is 0 Å². The minimum absolute atomic E-state index is 0.0452. The second-order valence-corrected chi connectivity index (χ2v) is 6.22. The number of thioether (sulfide) groups is 1. The van der Waals surface area contributed by atoms with Crippen LogP contribution in [0.1, 0.15) is 18.3 Å². The molecule has 1 aromatic heterocycles. The molecule has 0 aliphatic carbocycles. The van der Waals surface area contributed by atoms with Crippen LogP contribution < -0.4 is 5.32 Å². The second kappa shape index (κ2) is 8.74. The molecule has 2 rings (SSSR count). The van der Waals surface area contributed by atoms with E-state index in [0.717, 1.165) is 23.0 Å². The van der Waals surface area contributed by atoms with Crippen molar-refractivity contribution in [3.05, 3.63) is 53.3 Å². The lowest BCUT2D eigenvalue weighted by Gasteiger charge is -2.07. The molecule has 0 saturated carbocycles. The van der Waals surface area contributed by atoms with Crippen molar-refractivity contribution >= 4 is 29.3 Å². The van der Waals surface area contributed by atoms with Crippen LogP contribution in [0.2, 0.25) is 5.02 Å². The molecule has 5 nitrogen and oxygen atoms in total. The zero-order chi connectivity index (χ0) is 16.7. The number of amides is 1. The van der Waals surface area contributed by atoms with Gasteiger partial charge in [-0.3, -0.25) is 4.79 Å². The van der Waals surface area contributed by atoms with Crippen LogP contribution in [0.15, 0.2) is 42.1 Å². The summed E-state index contributed by atoms with van der Waals surface area (Å²) in [5, 5.41) is 12.6. The van der Waals surface area contributed by atoms with Crippen LogP contribution in [0.3, 0.4) is 0 Å². The quantitative estimate of drug-likeness (QED) is 0.587. The maximum Gasteiger partial charge on any atom is 0.230 e. The van der Waals surface area contributed by atoms with E-state index in [1.54, 1.807) is 6.08 Å². The van der Waals surface area contributed by atoms with Gasteiger partial charge >= 0.3 is 0 Å². The molecule has 1 amide bonds. The highest BCUT2D eigenvalue weighted by Crippen LogP contribution is 2.17. The zero-order valence-corrected chi connectivity index (χ0v) is 14.5. The Labute approximate surface area is 145 Å². The molecule has 0 unspecified atom stereocenters. The van der Waals surface area contributed by atoms with Gasteiger partial charge in [-0.1, -0.05) is 48.5 Å². The van der Waals surface area contributed by atoms with E-state index in [1.165, 1.54) is 11.8 Å². The van der Waals surface area contributed by atoms with E-state index in [2.05, 4.69) is 22.1 Å². The van der Waals surface area contributed by atoms with Crippen molar-refractivity contribution in [2.75, 3.05) is 5.75 Å². The summed E-state index contributed by atoms with van der Waals surface area (Å²) < 4.78 is 1.98. The molecule has 0 bridgehead atoms. The van der Waals surface area contributed by atoms with Crippen LogP contribution in [0, 0.1) is 0 Å². The topological polar surface area (TPSA) is 59.8 Å². The third-order valence-electron chi connectivity index (χ3n) is 3.16. The fraction of sp³-hybridized carbons (Fsp3) is 0.312. The summed E-state index contributed by atoms with van der Waals surface area (Å²) in [5.74, 6) is 1.15. The predicted octanol–water partition coefficient (Wildman–Crippen LogP) is 3.09. The van der Waals surface area contributed by atoms with Gasteiger partial charge in [0.15, 0.2) is 5.16 Å². The summed E-state index contributed by atoms with van der Waals surface area (Å²) >= 11 is 7.21. The van der Waals surface area contributed by atoms with E-state index >= 15 is 0 Å². The minimum Gasteiger partial charge on any atom is -0.351 e. The Balaban J connectivity index is 1.85. The Morgan fingerprint density at radius 2 is 2.13 bits per heavy atom. The highest BCUT2D eigenvalue weighted by Gasteiger charge is 2.12. The average Bonchev–Trinajstić information content (AvgIpc) is 2.95. The van der Waals surface area contributed by atoms with Crippen LogP contribution in [0.25, 0.3) is 0 Å². The number of rotatable bonds is 8. The molecule has 0 atom stereocenters. The molecule has 0 fully saturated rings. The van der Waals surface area contributed by atoms with Gasteiger partial charge in [0.05, 0.1) is 5.75 Å². The first-order valence-corrected chi connectivity index (χ1v) is 8.67. The highest BCUT2D eigenvalue weighted by molar-refractivity contribution is 7.99. The van der Waals surface area contributed by atoms with E-state index in [4.69, 9.17) is 11.6 Å². The summed E-state index contributed by atoms with van der Waals surface area (Å²) in [6.45, 7) is 6.89. The van der Waals surface area contributed by atoms with Crippen LogP contribution in [-0.4, -0.2) is 26.4 Å². The fourth-order valence-electron chi connectivity index (χ4n) is 1.98. The lowest BCUT2D eigenvalue weighted by Crippen LogP contribution is -2.24. The maximum atomic E-state index is 12.0. The third-order valence-corrected chi connectivity index (χ3v) is 4.38. The Kier molecular flexibility index (Phi) is 6.67. The number of carbonyl (C=O) groups is 1. The maximum absolute atomic E-state index is 12.0. The molecule has 0 saturated heterocycles. The molecule has 122 valence electrons. The summed E-state index contributed by atoms with van der Waals surface area (Å²) in [5.41, 5.74) is 1.01. The lowest BCUT2D eigenvalue weighted by molar-refractivity contribution is -0.118. The number of nitrogens with zero attached hydrogens (tertiary/aromatic N) is 3. The molecule has 0 radical (unpaired) electrons. The molecule has 1 N–H and O–H groups in total. The van der Waals surface area contributed by atoms with Crippen molar-refractivity contribution in [3.63, 3.8) is 0 Å². The molecule has 1 heterocycles. The highest BCUT2D eigenvalue weighted by atomic mass is 35.5. The molecular formula is C16H19ClN4OS. The monoisotopic (exact) mass is 350 g/mol. The Morgan fingerprint density at radius 3 is 2.78 bits per heavy atom. The molecule has 1 aromatic carbocycles. The SMILES string of the molecule is C=CCn1c(CC)nnc1SCC(=O)NCc1ccc(Cl)cc1. The van der Waals surface area contributed by atoms with Crippen molar-refractivity contribution in [2.45, 2.75) is 31.6 Å². The second-order valence-electron chi connectivity index (χ2n) is 4.84. The van der Waals surface area contributed by atoms with Gasteiger partial charge in [0, 0.05) is 24.5 Å². The van der Waals surface area contributed by atoms with Gasteiger partial charge in [-0.05, 0) is 17.7 Å². The lowest BCUT2D eigenvalue weighted by atomic mass is 10.2. The first-order valence-electron chi connectivity index (χ1n) is 7.31. The molecule has 0 spiro atoms. The van der Waals surface area contributed by atoms with Crippen molar-refractivity contribution < 1.29 is 4.79 Å².